The van der Waals surface area contributed by atoms with E-state index < -0.39 is 0 Å². The van der Waals surface area contributed by atoms with Gasteiger partial charge in [0.25, 0.3) is 0 Å². The quantitative estimate of drug-likeness (QED) is 0.550. The summed E-state index contributed by atoms with van der Waals surface area (Å²) >= 11 is 6.63. The summed E-state index contributed by atoms with van der Waals surface area (Å²) in [7, 11) is 1.65. The molecule has 2 aromatic rings. The van der Waals surface area contributed by atoms with Gasteiger partial charge in [-0.3, -0.25) is 4.99 Å². The number of aliphatic imine (C=N–C) groups is 1. The monoisotopic (exact) mass is 382 g/mol. The van der Waals surface area contributed by atoms with Crippen molar-refractivity contribution in [3.05, 3.63) is 58.6 Å². The first-order valence-electron chi connectivity index (χ1n) is 9.35. The summed E-state index contributed by atoms with van der Waals surface area (Å²) in [6.45, 7) is 9.87. The molecule has 3 nitrogen and oxygen atoms in total. The summed E-state index contributed by atoms with van der Waals surface area (Å²) in [4.78, 5) is 7.02. The topological polar surface area (TPSA) is 24.8 Å². The molecule has 0 unspecified atom stereocenters. The van der Waals surface area contributed by atoms with E-state index in [2.05, 4.69) is 55.8 Å². The number of halogens is 1. The van der Waals surface area contributed by atoms with Crippen molar-refractivity contribution in [1.82, 2.24) is 0 Å². The highest BCUT2D eigenvalue weighted by atomic mass is 35.5. The van der Waals surface area contributed by atoms with E-state index in [0.29, 0.717) is 5.02 Å². The zero-order valence-corrected chi connectivity index (χ0v) is 17.5. The second kappa shape index (κ2) is 7.77. The maximum Gasteiger partial charge on any atom is 0.121 e. The fourth-order valence-electron chi connectivity index (χ4n) is 3.68. The van der Waals surface area contributed by atoms with Crippen LogP contribution in [0.25, 0.3) is 5.57 Å². The van der Waals surface area contributed by atoms with Gasteiger partial charge in [0.15, 0.2) is 0 Å². The predicted octanol–water partition coefficient (Wildman–Crippen LogP) is 6.51. The fourth-order valence-corrected chi connectivity index (χ4v) is 3.89. The normalized spacial score (nSPS) is 15.6. The van der Waals surface area contributed by atoms with Crippen LogP contribution < -0.4 is 9.64 Å². The predicted molar refractivity (Wildman–Crippen MR) is 117 cm³/mol. The number of anilines is 1. The number of allylic oxidation sites excluding steroid dienone is 1. The van der Waals surface area contributed by atoms with Gasteiger partial charge in [-0.1, -0.05) is 30.7 Å². The molecule has 0 amide bonds. The number of hydrogen-bond donors (Lipinski definition) is 0. The molecular weight excluding hydrogens is 356 g/mol. The van der Waals surface area contributed by atoms with Gasteiger partial charge in [-0.25, -0.2) is 0 Å². The molecule has 142 valence electrons. The number of fused-ring (bicyclic) bond motifs is 1. The number of hydrogen-bond acceptors (Lipinski definition) is 3. The van der Waals surface area contributed by atoms with Gasteiger partial charge >= 0.3 is 0 Å². The second-order valence-electron chi connectivity index (χ2n) is 7.48. The van der Waals surface area contributed by atoms with Crippen LogP contribution in [0.1, 0.15) is 45.2 Å². The number of methoxy groups -OCH3 is 1. The van der Waals surface area contributed by atoms with E-state index in [9.17, 15) is 0 Å². The van der Waals surface area contributed by atoms with Gasteiger partial charge in [0.1, 0.15) is 5.75 Å². The molecule has 3 rings (SSSR count). The zero-order valence-electron chi connectivity index (χ0n) is 16.7. The van der Waals surface area contributed by atoms with E-state index >= 15 is 0 Å². The zero-order chi connectivity index (χ0) is 19.6. The van der Waals surface area contributed by atoms with Gasteiger partial charge in [-0.2, -0.15) is 0 Å². The summed E-state index contributed by atoms with van der Waals surface area (Å²) in [6.07, 6.45) is 5.25. The van der Waals surface area contributed by atoms with Crippen LogP contribution in [0.2, 0.25) is 5.02 Å². The lowest BCUT2D eigenvalue weighted by Crippen LogP contribution is -2.45. The first kappa shape index (κ1) is 19.5. The molecule has 0 spiro atoms. The number of rotatable bonds is 5. The molecule has 0 aliphatic carbocycles. The minimum atomic E-state index is -0.0212. The molecule has 0 radical (unpaired) electrons. The molecule has 1 heterocycles. The highest BCUT2D eigenvalue weighted by Crippen LogP contribution is 2.41. The first-order chi connectivity index (χ1) is 12.9. The van der Waals surface area contributed by atoms with E-state index in [1.165, 1.54) is 16.8 Å². The van der Waals surface area contributed by atoms with Crippen molar-refractivity contribution in [3.8, 4) is 5.75 Å². The maximum absolute atomic E-state index is 6.63. The Kier molecular flexibility index (Phi) is 5.61. The first-order valence-corrected chi connectivity index (χ1v) is 9.72. The smallest absolute Gasteiger partial charge is 0.121 e. The Morgan fingerprint density at radius 2 is 2.00 bits per heavy atom. The summed E-state index contributed by atoms with van der Waals surface area (Å²) in [5.74, 6) is 0.789. The molecule has 0 fully saturated rings. The van der Waals surface area contributed by atoms with Gasteiger partial charge in [0.05, 0.1) is 23.4 Å². The molecule has 0 aromatic heterocycles. The largest absolute Gasteiger partial charge is 0.497 e. The van der Waals surface area contributed by atoms with Gasteiger partial charge < -0.3 is 9.64 Å². The van der Waals surface area contributed by atoms with Crippen molar-refractivity contribution in [3.63, 3.8) is 0 Å². The van der Waals surface area contributed by atoms with Crippen LogP contribution in [0, 0.1) is 0 Å². The van der Waals surface area contributed by atoms with E-state index in [4.69, 9.17) is 16.3 Å². The molecule has 0 bridgehead atoms. The molecule has 0 N–H and O–H groups in total. The molecule has 2 aromatic carbocycles. The van der Waals surface area contributed by atoms with Crippen molar-refractivity contribution < 1.29 is 4.74 Å². The highest BCUT2D eigenvalue weighted by molar-refractivity contribution is 6.33. The number of nitrogens with zero attached hydrogens (tertiary/aromatic N) is 2. The second-order valence-corrected chi connectivity index (χ2v) is 7.89. The van der Waals surface area contributed by atoms with Crippen molar-refractivity contribution in [1.29, 1.82) is 0 Å². The average Bonchev–Trinajstić information content (AvgIpc) is 2.63. The van der Waals surface area contributed by atoms with Crippen LogP contribution in [0.15, 0.2) is 47.5 Å². The van der Waals surface area contributed by atoms with Crippen LogP contribution in [-0.2, 0) is 0 Å². The van der Waals surface area contributed by atoms with Crippen LogP contribution in [0.4, 0.5) is 11.4 Å². The summed E-state index contributed by atoms with van der Waals surface area (Å²) in [6, 6.07) is 11.9. The Bertz CT molecular complexity index is 899. The average molecular weight is 383 g/mol. The van der Waals surface area contributed by atoms with Crippen molar-refractivity contribution >= 4 is 34.8 Å². The minimum absolute atomic E-state index is 0.0212. The van der Waals surface area contributed by atoms with Crippen molar-refractivity contribution in [2.24, 2.45) is 4.99 Å². The van der Waals surface area contributed by atoms with Crippen LogP contribution in [0.3, 0.4) is 0 Å². The summed E-state index contributed by atoms with van der Waals surface area (Å²) < 4.78 is 5.26. The SMILES string of the molecule is CCCN1c2cc(Cl)c(C=Nc3cccc(OC)c3)cc2C(C)=CC1(C)C. The molecule has 4 heteroatoms. The lowest BCUT2D eigenvalue weighted by Gasteiger charge is -2.43. The molecule has 1 aliphatic heterocycles. The van der Waals surface area contributed by atoms with Gasteiger partial charge in [-0.05, 0) is 57.0 Å². The highest BCUT2D eigenvalue weighted by Gasteiger charge is 2.31. The minimum Gasteiger partial charge on any atom is -0.497 e. The van der Waals surface area contributed by atoms with Crippen molar-refractivity contribution in [2.75, 3.05) is 18.6 Å². The summed E-state index contributed by atoms with van der Waals surface area (Å²) in [5.41, 5.74) is 5.43. The van der Waals surface area contributed by atoms with Gasteiger partial charge in [-0.15, -0.1) is 0 Å². The Labute approximate surface area is 167 Å². The van der Waals surface area contributed by atoms with E-state index in [1.54, 1.807) is 7.11 Å². The van der Waals surface area contributed by atoms with Crippen LogP contribution in [-0.4, -0.2) is 25.4 Å². The fraction of sp³-hybridized carbons (Fsp3) is 0.348. The molecule has 27 heavy (non-hydrogen) atoms. The van der Waals surface area contributed by atoms with Crippen LogP contribution >= 0.6 is 11.6 Å². The van der Waals surface area contributed by atoms with E-state index in [-0.39, 0.29) is 5.54 Å². The van der Waals surface area contributed by atoms with Gasteiger partial charge in [0.2, 0.25) is 0 Å². The molecule has 1 aliphatic rings. The Morgan fingerprint density at radius 1 is 1.22 bits per heavy atom. The third-order valence-electron chi connectivity index (χ3n) is 4.95. The Morgan fingerprint density at radius 3 is 2.70 bits per heavy atom. The van der Waals surface area contributed by atoms with Gasteiger partial charge in [0, 0.05) is 35.6 Å². The summed E-state index contributed by atoms with van der Waals surface area (Å²) in [5, 5.41) is 0.715. The molecular formula is C23H27ClN2O. The van der Waals surface area contributed by atoms with E-state index in [0.717, 1.165) is 30.0 Å². The Balaban J connectivity index is 2.00. The third-order valence-corrected chi connectivity index (χ3v) is 5.28. The van der Waals surface area contributed by atoms with E-state index in [1.807, 2.05) is 30.5 Å². The standard InChI is InChI=1S/C23H27ClN2O/c1-6-10-26-22-13-21(24)17(11-20(22)16(2)14-23(26,3)4)15-25-18-8-7-9-19(12-18)27-5/h7-9,11-15H,6,10H2,1-5H3. The maximum atomic E-state index is 6.63. The number of ether oxygens (including phenoxy) is 1. The molecule has 0 atom stereocenters. The van der Waals surface area contributed by atoms with Crippen LogP contribution in [0.5, 0.6) is 5.75 Å². The lowest BCUT2D eigenvalue weighted by molar-refractivity contribution is 0.415. The molecule has 0 saturated heterocycles. The Hall–Kier alpha value is -2.26. The lowest BCUT2D eigenvalue weighted by atomic mass is 9.88. The molecule has 0 saturated carbocycles. The number of benzene rings is 2. The third kappa shape index (κ3) is 4.03. The van der Waals surface area contributed by atoms with Crippen molar-refractivity contribution in [2.45, 2.75) is 39.7 Å².